The van der Waals surface area contributed by atoms with E-state index in [4.69, 9.17) is 0 Å². The van der Waals surface area contributed by atoms with Crippen molar-refractivity contribution >= 4 is 36.4 Å². The molecule has 0 spiro atoms. The van der Waals surface area contributed by atoms with Crippen molar-refractivity contribution in [3.63, 3.8) is 0 Å². The van der Waals surface area contributed by atoms with Crippen LogP contribution in [0, 0.1) is 6.92 Å². The Bertz CT molecular complexity index is 423. The van der Waals surface area contributed by atoms with E-state index in [0.717, 1.165) is 31.6 Å². The molecule has 21 heavy (non-hydrogen) atoms. The van der Waals surface area contributed by atoms with E-state index in [9.17, 15) is 4.79 Å². The van der Waals surface area contributed by atoms with Crippen molar-refractivity contribution in [3.05, 3.63) is 29.8 Å². The van der Waals surface area contributed by atoms with Crippen molar-refractivity contribution in [2.75, 3.05) is 25.0 Å². The molecule has 1 aromatic carbocycles. The van der Waals surface area contributed by atoms with E-state index < -0.39 is 0 Å². The summed E-state index contributed by atoms with van der Waals surface area (Å²) in [7, 11) is 0. The number of amides is 1. The van der Waals surface area contributed by atoms with Gasteiger partial charge in [-0.1, -0.05) is 18.2 Å². The van der Waals surface area contributed by atoms with E-state index in [1.807, 2.05) is 18.2 Å². The second-order valence-corrected chi connectivity index (χ2v) is 5.10. The Balaban J connectivity index is 0.00000200. The Morgan fingerprint density at radius 2 is 2.10 bits per heavy atom. The van der Waals surface area contributed by atoms with Crippen LogP contribution in [0.1, 0.15) is 24.8 Å². The first-order valence-electron chi connectivity index (χ1n) is 7.05. The number of halogens is 2. The fourth-order valence-corrected chi connectivity index (χ4v) is 2.36. The molecule has 4 nitrogen and oxygen atoms in total. The Labute approximate surface area is 139 Å². The van der Waals surface area contributed by atoms with Crippen LogP contribution in [0.2, 0.25) is 0 Å². The van der Waals surface area contributed by atoms with E-state index in [1.165, 1.54) is 5.56 Å². The van der Waals surface area contributed by atoms with Gasteiger partial charge in [-0.15, -0.1) is 24.8 Å². The second kappa shape index (κ2) is 10.7. The van der Waals surface area contributed by atoms with Crippen molar-refractivity contribution in [1.29, 1.82) is 0 Å². The topological polar surface area (TPSA) is 53.2 Å². The number of carbonyl (C=O) groups excluding carboxylic acids is 1. The van der Waals surface area contributed by atoms with Crippen molar-refractivity contribution in [2.24, 2.45) is 0 Å². The van der Waals surface area contributed by atoms with E-state index in [1.54, 1.807) is 0 Å². The Morgan fingerprint density at radius 1 is 1.33 bits per heavy atom. The zero-order valence-electron chi connectivity index (χ0n) is 12.4. The van der Waals surface area contributed by atoms with Crippen LogP contribution in [0.25, 0.3) is 0 Å². The van der Waals surface area contributed by atoms with Gasteiger partial charge in [0.15, 0.2) is 0 Å². The van der Waals surface area contributed by atoms with Crippen LogP contribution < -0.4 is 16.0 Å². The lowest BCUT2D eigenvalue weighted by Gasteiger charge is -2.23. The smallest absolute Gasteiger partial charge is 0.222 e. The molecule has 1 aromatic rings. The van der Waals surface area contributed by atoms with Crippen molar-refractivity contribution in [3.8, 4) is 0 Å². The number of hydrogen-bond acceptors (Lipinski definition) is 3. The molecule has 1 aliphatic heterocycles. The molecule has 1 atom stereocenters. The van der Waals surface area contributed by atoms with Gasteiger partial charge >= 0.3 is 0 Å². The van der Waals surface area contributed by atoms with Gasteiger partial charge in [-0.3, -0.25) is 4.79 Å². The third kappa shape index (κ3) is 7.02. The maximum atomic E-state index is 11.8. The first-order valence-corrected chi connectivity index (χ1v) is 7.05. The van der Waals surface area contributed by atoms with Crippen LogP contribution in [0.3, 0.4) is 0 Å². The number of nitrogens with one attached hydrogen (secondary N) is 3. The summed E-state index contributed by atoms with van der Waals surface area (Å²) < 4.78 is 0. The van der Waals surface area contributed by atoms with Gasteiger partial charge in [0.05, 0.1) is 0 Å². The Morgan fingerprint density at radius 3 is 2.76 bits per heavy atom. The van der Waals surface area contributed by atoms with Gasteiger partial charge in [0.25, 0.3) is 0 Å². The summed E-state index contributed by atoms with van der Waals surface area (Å²) in [6.07, 6.45) is 2.75. The summed E-state index contributed by atoms with van der Waals surface area (Å²) in [5, 5.41) is 9.68. The van der Waals surface area contributed by atoms with E-state index in [-0.39, 0.29) is 30.7 Å². The average Bonchev–Trinajstić information content (AvgIpc) is 2.42. The van der Waals surface area contributed by atoms with Gasteiger partial charge in [-0.05, 0) is 37.9 Å². The highest BCUT2D eigenvalue weighted by molar-refractivity contribution is 5.85. The predicted octanol–water partition coefficient (Wildman–Crippen LogP) is 2.51. The first kappa shape index (κ1) is 20.0. The molecule has 0 radical (unpaired) electrons. The first-order chi connectivity index (χ1) is 9.25. The lowest BCUT2D eigenvalue weighted by molar-refractivity contribution is -0.121. The molecule has 0 aliphatic carbocycles. The maximum absolute atomic E-state index is 11.8. The standard InChI is InChI=1S/C15H23N3O.2ClH/c1-12-5-2-3-7-14(12)17-10-8-15(19)18-13-6-4-9-16-11-13;;/h2-3,5,7,13,16-17H,4,6,8-11H2,1H3,(H,18,19);2*1H/t13-;;/m0../s1. The van der Waals surface area contributed by atoms with Crippen molar-refractivity contribution in [2.45, 2.75) is 32.2 Å². The minimum atomic E-state index is 0. The third-order valence-electron chi connectivity index (χ3n) is 3.47. The molecule has 0 aromatic heterocycles. The average molecular weight is 334 g/mol. The Kier molecular flexibility index (Phi) is 10.2. The van der Waals surface area contributed by atoms with Gasteiger partial charge in [0.2, 0.25) is 5.91 Å². The molecule has 1 fully saturated rings. The molecule has 1 amide bonds. The maximum Gasteiger partial charge on any atom is 0.222 e. The molecule has 0 saturated carbocycles. The van der Waals surface area contributed by atoms with Gasteiger partial charge in [0.1, 0.15) is 0 Å². The summed E-state index contributed by atoms with van der Waals surface area (Å²) in [6.45, 7) is 4.71. The lowest BCUT2D eigenvalue weighted by Crippen LogP contribution is -2.45. The second-order valence-electron chi connectivity index (χ2n) is 5.10. The molecule has 0 unspecified atom stereocenters. The van der Waals surface area contributed by atoms with Gasteiger partial charge in [0, 0.05) is 31.2 Å². The molecule has 1 aliphatic rings. The lowest BCUT2D eigenvalue weighted by atomic mass is 10.1. The SMILES string of the molecule is Cc1ccccc1NCCC(=O)N[C@H]1CCCNC1.Cl.Cl. The summed E-state index contributed by atoms with van der Waals surface area (Å²) in [6, 6.07) is 8.43. The Hall–Kier alpha value is -0.970. The molecule has 1 saturated heterocycles. The van der Waals surface area contributed by atoms with Crippen molar-refractivity contribution in [1.82, 2.24) is 10.6 Å². The van der Waals surface area contributed by atoms with Crippen LogP contribution in [0.4, 0.5) is 5.69 Å². The third-order valence-corrected chi connectivity index (χ3v) is 3.47. The number of para-hydroxylation sites is 1. The zero-order chi connectivity index (χ0) is 13.5. The largest absolute Gasteiger partial charge is 0.384 e. The number of benzene rings is 1. The number of anilines is 1. The summed E-state index contributed by atoms with van der Waals surface area (Å²) in [5.74, 6) is 0.134. The van der Waals surface area contributed by atoms with Crippen molar-refractivity contribution < 1.29 is 4.79 Å². The molecular formula is C15H25Cl2N3O. The highest BCUT2D eigenvalue weighted by Crippen LogP contribution is 2.12. The molecular weight excluding hydrogens is 309 g/mol. The molecule has 6 heteroatoms. The fourth-order valence-electron chi connectivity index (χ4n) is 2.36. The number of rotatable bonds is 5. The monoisotopic (exact) mass is 333 g/mol. The zero-order valence-corrected chi connectivity index (χ0v) is 14.0. The molecule has 2 rings (SSSR count). The summed E-state index contributed by atoms with van der Waals surface area (Å²) >= 11 is 0. The number of aryl methyl sites for hydroxylation is 1. The number of hydrogen-bond donors (Lipinski definition) is 3. The molecule has 0 bridgehead atoms. The predicted molar refractivity (Wildman–Crippen MR) is 92.8 cm³/mol. The quantitative estimate of drug-likeness (QED) is 0.776. The minimum absolute atomic E-state index is 0. The van der Waals surface area contributed by atoms with E-state index in [2.05, 4.69) is 28.9 Å². The van der Waals surface area contributed by atoms with Crippen LogP contribution in [0.5, 0.6) is 0 Å². The normalized spacial score (nSPS) is 17.1. The van der Waals surface area contributed by atoms with E-state index in [0.29, 0.717) is 19.0 Å². The molecule has 120 valence electrons. The molecule has 3 N–H and O–H groups in total. The fraction of sp³-hybridized carbons (Fsp3) is 0.533. The number of carbonyl (C=O) groups is 1. The number of piperidine rings is 1. The highest BCUT2D eigenvalue weighted by Gasteiger charge is 2.14. The van der Waals surface area contributed by atoms with Crippen LogP contribution >= 0.6 is 24.8 Å². The summed E-state index contributed by atoms with van der Waals surface area (Å²) in [5.41, 5.74) is 2.31. The van der Waals surface area contributed by atoms with Crippen LogP contribution in [0.15, 0.2) is 24.3 Å². The van der Waals surface area contributed by atoms with Crippen LogP contribution in [-0.4, -0.2) is 31.6 Å². The van der Waals surface area contributed by atoms with E-state index >= 15 is 0 Å². The summed E-state index contributed by atoms with van der Waals surface area (Å²) in [4.78, 5) is 11.8. The van der Waals surface area contributed by atoms with Gasteiger partial charge in [-0.2, -0.15) is 0 Å². The van der Waals surface area contributed by atoms with Gasteiger partial charge in [-0.25, -0.2) is 0 Å². The minimum Gasteiger partial charge on any atom is -0.384 e. The molecule has 1 heterocycles. The van der Waals surface area contributed by atoms with Gasteiger partial charge < -0.3 is 16.0 Å². The van der Waals surface area contributed by atoms with Crippen LogP contribution in [-0.2, 0) is 4.79 Å². The highest BCUT2D eigenvalue weighted by atomic mass is 35.5.